The van der Waals surface area contributed by atoms with Gasteiger partial charge in [0.2, 0.25) is 0 Å². The molecule has 2 atom stereocenters. The Hall–Kier alpha value is -1.79. The van der Waals surface area contributed by atoms with E-state index in [9.17, 15) is 21.6 Å². The molecule has 0 bridgehead atoms. The van der Waals surface area contributed by atoms with Crippen molar-refractivity contribution in [3.05, 3.63) is 29.3 Å². The van der Waals surface area contributed by atoms with Gasteiger partial charge in [-0.05, 0) is 48.8 Å². The smallest absolute Gasteiger partial charge is 0.371 e. The van der Waals surface area contributed by atoms with Gasteiger partial charge < -0.3 is 4.90 Å². The van der Waals surface area contributed by atoms with Crippen molar-refractivity contribution in [2.75, 3.05) is 17.7 Å². The molecule has 1 aromatic carbocycles. The molecular weight excluding hydrogens is 381 g/mol. The summed E-state index contributed by atoms with van der Waals surface area (Å²) < 4.78 is 71.3. The highest BCUT2D eigenvalue weighted by Gasteiger charge is 2.41. The van der Waals surface area contributed by atoms with Crippen LogP contribution in [0.4, 0.5) is 18.9 Å². The fourth-order valence-electron chi connectivity index (χ4n) is 3.89. The first kappa shape index (κ1) is 21.5. The molecule has 1 aliphatic carbocycles. The zero-order valence-electron chi connectivity index (χ0n) is 15.4. The van der Waals surface area contributed by atoms with Crippen molar-refractivity contribution in [2.24, 2.45) is 11.3 Å². The van der Waals surface area contributed by atoms with Crippen molar-refractivity contribution in [2.45, 2.75) is 45.3 Å². The van der Waals surface area contributed by atoms with Crippen LogP contribution in [0.5, 0.6) is 0 Å². The number of hydrogen-bond acceptors (Lipinski definition) is 4. The Morgan fingerprint density at radius 1 is 1.37 bits per heavy atom. The van der Waals surface area contributed by atoms with Gasteiger partial charge in [-0.2, -0.15) is 26.9 Å². The van der Waals surface area contributed by atoms with Crippen molar-refractivity contribution in [1.29, 1.82) is 5.26 Å². The topological polar surface area (TPSA) is 81.4 Å². The predicted octanol–water partition coefficient (Wildman–Crippen LogP) is 4.10. The van der Waals surface area contributed by atoms with E-state index in [4.69, 9.17) is 9.81 Å². The standard InChI is InChI=1S/C18H23F3N2O3S/c1-17(2)7-6-12(11-27(24,25)26)8-16(17)23(3)14-5-4-13(10-22)15(9-14)18(19,20)21/h4-5,9,12,16H,6-8,11H2,1-3H3,(H,24,25,26). The summed E-state index contributed by atoms with van der Waals surface area (Å²) in [4.78, 5) is 1.71. The first-order chi connectivity index (χ1) is 12.2. The molecule has 27 heavy (non-hydrogen) atoms. The van der Waals surface area contributed by atoms with Gasteiger partial charge in [-0.3, -0.25) is 4.55 Å². The number of benzene rings is 1. The van der Waals surface area contributed by atoms with Gasteiger partial charge in [-0.25, -0.2) is 0 Å². The number of nitriles is 1. The van der Waals surface area contributed by atoms with Gasteiger partial charge in [-0.1, -0.05) is 13.8 Å². The van der Waals surface area contributed by atoms with Crippen LogP contribution in [0.3, 0.4) is 0 Å². The summed E-state index contributed by atoms with van der Waals surface area (Å²) in [5.74, 6) is -0.616. The lowest BCUT2D eigenvalue weighted by molar-refractivity contribution is -0.137. The Morgan fingerprint density at radius 2 is 2.00 bits per heavy atom. The SMILES string of the molecule is CN(c1ccc(C#N)c(C(F)(F)F)c1)C1CC(CS(=O)(=O)O)CCC1(C)C. The third-order valence-corrected chi connectivity index (χ3v) is 6.30. The predicted molar refractivity (Wildman–Crippen MR) is 95.9 cm³/mol. The number of alkyl halides is 3. The highest BCUT2D eigenvalue weighted by atomic mass is 32.2. The van der Waals surface area contributed by atoms with Crippen LogP contribution in [0, 0.1) is 22.7 Å². The molecule has 1 fully saturated rings. The monoisotopic (exact) mass is 404 g/mol. The Morgan fingerprint density at radius 3 is 2.52 bits per heavy atom. The summed E-state index contributed by atoms with van der Waals surface area (Å²) in [6, 6.07) is 4.93. The summed E-state index contributed by atoms with van der Waals surface area (Å²) in [7, 11) is -2.44. The number of nitrogens with zero attached hydrogens (tertiary/aromatic N) is 2. The Balaban J connectivity index is 2.36. The lowest BCUT2D eigenvalue weighted by Crippen LogP contribution is -2.48. The van der Waals surface area contributed by atoms with Crippen LogP contribution in [0.25, 0.3) is 0 Å². The molecule has 1 saturated carbocycles. The van der Waals surface area contributed by atoms with E-state index < -0.39 is 27.4 Å². The van der Waals surface area contributed by atoms with E-state index in [0.717, 1.165) is 12.1 Å². The van der Waals surface area contributed by atoms with Crippen LogP contribution in [-0.4, -0.2) is 31.8 Å². The quantitative estimate of drug-likeness (QED) is 0.765. The first-order valence-corrected chi connectivity index (χ1v) is 10.1. The summed E-state index contributed by atoms with van der Waals surface area (Å²) >= 11 is 0. The molecule has 0 radical (unpaired) electrons. The molecule has 0 aromatic heterocycles. The minimum Gasteiger partial charge on any atom is -0.371 e. The van der Waals surface area contributed by atoms with E-state index >= 15 is 0 Å². The number of hydrogen-bond donors (Lipinski definition) is 1. The number of rotatable bonds is 4. The van der Waals surface area contributed by atoms with Gasteiger partial charge in [0, 0.05) is 18.8 Å². The lowest BCUT2D eigenvalue weighted by atomic mass is 9.69. The second kappa shape index (κ2) is 7.32. The molecular formula is C18H23F3N2O3S. The molecule has 0 spiro atoms. The van der Waals surface area contributed by atoms with E-state index in [1.165, 1.54) is 6.07 Å². The second-order valence-electron chi connectivity index (χ2n) is 7.84. The van der Waals surface area contributed by atoms with E-state index in [1.807, 2.05) is 13.8 Å². The van der Waals surface area contributed by atoms with Crippen molar-refractivity contribution in [3.63, 3.8) is 0 Å². The third-order valence-electron chi connectivity index (χ3n) is 5.41. The zero-order chi connectivity index (χ0) is 20.6. The van der Waals surface area contributed by atoms with Crippen LogP contribution in [0.15, 0.2) is 18.2 Å². The second-order valence-corrected chi connectivity index (χ2v) is 9.34. The van der Waals surface area contributed by atoms with Gasteiger partial charge in [0.15, 0.2) is 0 Å². The van der Waals surface area contributed by atoms with Gasteiger partial charge >= 0.3 is 6.18 Å². The largest absolute Gasteiger partial charge is 0.417 e. The highest BCUT2D eigenvalue weighted by Crippen LogP contribution is 2.43. The molecule has 1 N–H and O–H groups in total. The van der Waals surface area contributed by atoms with Crippen molar-refractivity contribution in [3.8, 4) is 6.07 Å². The Kier molecular flexibility index (Phi) is 5.83. The summed E-state index contributed by atoms with van der Waals surface area (Å²) in [6.07, 6.45) is -2.90. The fourth-order valence-corrected chi connectivity index (χ4v) is 4.79. The molecule has 150 valence electrons. The average molecular weight is 404 g/mol. The zero-order valence-corrected chi connectivity index (χ0v) is 16.2. The average Bonchev–Trinajstić information content (AvgIpc) is 2.53. The number of anilines is 1. The van der Waals surface area contributed by atoms with Crippen molar-refractivity contribution in [1.82, 2.24) is 0 Å². The van der Waals surface area contributed by atoms with Crippen LogP contribution < -0.4 is 4.90 Å². The molecule has 0 saturated heterocycles. The fraction of sp³-hybridized carbons (Fsp3) is 0.611. The Bertz CT molecular complexity index is 844. The molecule has 2 unspecified atom stereocenters. The molecule has 0 aliphatic heterocycles. The molecule has 1 aliphatic rings. The van der Waals surface area contributed by atoms with E-state index in [1.54, 1.807) is 18.0 Å². The minimum atomic E-state index is -4.64. The van der Waals surface area contributed by atoms with Crippen LogP contribution in [0.1, 0.15) is 44.2 Å². The van der Waals surface area contributed by atoms with Crippen molar-refractivity contribution < 1.29 is 26.1 Å². The van der Waals surface area contributed by atoms with Crippen LogP contribution in [0.2, 0.25) is 0 Å². The van der Waals surface area contributed by atoms with Crippen LogP contribution >= 0.6 is 0 Å². The van der Waals surface area contributed by atoms with Gasteiger partial charge in [0.05, 0.1) is 22.9 Å². The summed E-state index contributed by atoms with van der Waals surface area (Å²) in [5.41, 5.74) is -1.37. The maximum Gasteiger partial charge on any atom is 0.417 e. The highest BCUT2D eigenvalue weighted by molar-refractivity contribution is 7.85. The lowest BCUT2D eigenvalue weighted by Gasteiger charge is -2.47. The van der Waals surface area contributed by atoms with Gasteiger partial charge in [0.25, 0.3) is 10.1 Å². The molecule has 0 heterocycles. The normalized spacial score (nSPS) is 22.9. The summed E-state index contributed by atoms with van der Waals surface area (Å²) in [5, 5.41) is 8.94. The maximum atomic E-state index is 13.3. The Labute approximate surface area is 157 Å². The molecule has 5 nitrogen and oxygen atoms in total. The molecule has 1 aromatic rings. The van der Waals surface area contributed by atoms with Crippen LogP contribution in [-0.2, 0) is 16.3 Å². The van der Waals surface area contributed by atoms with E-state index in [2.05, 4.69) is 0 Å². The minimum absolute atomic E-state index is 0.216. The van der Waals surface area contributed by atoms with E-state index in [-0.39, 0.29) is 23.1 Å². The van der Waals surface area contributed by atoms with E-state index in [0.29, 0.717) is 24.9 Å². The third kappa shape index (κ3) is 5.14. The van der Waals surface area contributed by atoms with Crippen molar-refractivity contribution >= 4 is 15.8 Å². The van der Waals surface area contributed by atoms with Gasteiger partial charge in [0.1, 0.15) is 0 Å². The number of halogens is 3. The molecule has 2 rings (SSSR count). The first-order valence-electron chi connectivity index (χ1n) is 8.54. The maximum absolute atomic E-state index is 13.3. The molecule has 0 amide bonds. The van der Waals surface area contributed by atoms with Gasteiger partial charge in [-0.15, -0.1) is 0 Å². The summed E-state index contributed by atoms with van der Waals surface area (Å²) in [6.45, 7) is 3.98. The molecule has 9 heteroatoms.